The Bertz CT molecular complexity index is 277. The first-order chi connectivity index (χ1) is 6.06. The zero-order chi connectivity index (χ0) is 10.0. The molecule has 3 N–H and O–H groups in total. The molecule has 1 aliphatic rings. The van der Waals surface area contributed by atoms with E-state index >= 15 is 0 Å². The second-order valence-electron chi connectivity index (χ2n) is 2.60. The molecule has 1 rings (SSSR count). The van der Waals surface area contributed by atoms with Gasteiger partial charge in [0.25, 0.3) is 0 Å². The van der Waals surface area contributed by atoms with E-state index in [1.165, 1.54) is 12.1 Å². The second kappa shape index (κ2) is 3.89. The lowest BCUT2D eigenvalue weighted by Crippen LogP contribution is -2.46. The number of amidine groups is 1. The van der Waals surface area contributed by atoms with Crippen LogP contribution in [0.25, 0.3) is 0 Å². The second-order valence-corrected chi connectivity index (χ2v) is 3.58. The van der Waals surface area contributed by atoms with Gasteiger partial charge in [-0.2, -0.15) is 0 Å². The highest BCUT2D eigenvalue weighted by Crippen LogP contribution is 2.15. The number of nitrogens with zero attached hydrogens (tertiary/aromatic N) is 1. The van der Waals surface area contributed by atoms with Gasteiger partial charge in [-0.3, -0.25) is 10.4 Å². The van der Waals surface area contributed by atoms with Crippen molar-refractivity contribution in [1.29, 1.82) is 5.41 Å². The summed E-state index contributed by atoms with van der Waals surface area (Å²) in [6, 6.07) is 0. The van der Waals surface area contributed by atoms with Gasteiger partial charge < -0.3 is 4.74 Å². The van der Waals surface area contributed by atoms with E-state index < -0.39 is 5.97 Å². The largest absolute Gasteiger partial charge is 0.466 e. The van der Waals surface area contributed by atoms with Crippen molar-refractivity contribution < 1.29 is 9.53 Å². The summed E-state index contributed by atoms with van der Waals surface area (Å²) in [5.74, 6) is 5.30. The molecule has 0 aromatic rings. The van der Waals surface area contributed by atoms with Gasteiger partial charge >= 0.3 is 5.97 Å². The lowest BCUT2D eigenvalue weighted by molar-refractivity contribution is -0.136. The topological polar surface area (TPSA) is 79.4 Å². The van der Waals surface area contributed by atoms with Crippen LogP contribution in [0.3, 0.4) is 0 Å². The van der Waals surface area contributed by atoms with Crippen molar-refractivity contribution in [1.82, 2.24) is 5.01 Å². The first kappa shape index (κ1) is 10.2. The molecule has 0 amide bonds. The number of hydrazine groups is 1. The number of rotatable bonds is 1. The Morgan fingerprint density at radius 2 is 2.54 bits per heavy atom. The Hall–Kier alpha value is -0.880. The van der Waals surface area contributed by atoms with Crippen LogP contribution in [0.15, 0.2) is 11.6 Å². The summed E-state index contributed by atoms with van der Waals surface area (Å²) in [4.78, 5) is 10.8. The zero-order valence-corrected chi connectivity index (χ0v) is 8.67. The molecular weight excluding hydrogens is 238 g/mol. The molecule has 0 aromatic carbocycles. The minimum Gasteiger partial charge on any atom is -0.466 e. The van der Waals surface area contributed by atoms with Crippen molar-refractivity contribution in [3.63, 3.8) is 0 Å². The third kappa shape index (κ3) is 2.07. The number of carbonyl (C=O) groups excluding carboxylic acids is 1. The molecule has 0 spiro atoms. The van der Waals surface area contributed by atoms with Crippen LogP contribution in [0.2, 0.25) is 0 Å². The van der Waals surface area contributed by atoms with E-state index in [9.17, 15) is 4.79 Å². The van der Waals surface area contributed by atoms with Gasteiger partial charge in [0.05, 0.1) is 24.1 Å². The Balaban J connectivity index is 2.84. The molecule has 72 valence electrons. The minimum absolute atomic E-state index is 0.216. The quantitative estimate of drug-likeness (QED) is 0.389. The van der Waals surface area contributed by atoms with Crippen LogP contribution < -0.4 is 5.84 Å². The van der Waals surface area contributed by atoms with Crippen LogP contribution >= 0.6 is 15.9 Å². The summed E-state index contributed by atoms with van der Waals surface area (Å²) in [7, 11) is 1.31. The van der Waals surface area contributed by atoms with Crippen LogP contribution in [-0.4, -0.2) is 35.3 Å². The van der Waals surface area contributed by atoms with Crippen molar-refractivity contribution in [2.24, 2.45) is 5.84 Å². The molecule has 0 saturated heterocycles. The van der Waals surface area contributed by atoms with Crippen molar-refractivity contribution in [2.45, 2.75) is 4.83 Å². The molecule has 0 aliphatic carbocycles. The summed E-state index contributed by atoms with van der Waals surface area (Å²) in [6.45, 7) is 0.216. The van der Waals surface area contributed by atoms with E-state index in [-0.39, 0.29) is 17.2 Å². The Labute approximate surface area is 84.1 Å². The van der Waals surface area contributed by atoms with Gasteiger partial charge in [0.1, 0.15) is 5.84 Å². The van der Waals surface area contributed by atoms with Crippen molar-refractivity contribution in [2.75, 3.05) is 13.7 Å². The first-order valence-electron chi connectivity index (χ1n) is 3.60. The molecule has 1 aliphatic heterocycles. The number of halogens is 1. The third-order valence-corrected chi connectivity index (χ3v) is 2.40. The molecule has 5 nitrogen and oxygen atoms in total. The molecule has 13 heavy (non-hydrogen) atoms. The average molecular weight is 248 g/mol. The van der Waals surface area contributed by atoms with Crippen LogP contribution in [0.4, 0.5) is 0 Å². The van der Waals surface area contributed by atoms with Crippen molar-refractivity contribution in [3.8, 4) is 0 Å². The fourth-order valence-electron chi connectivity index (χ4n) is 0.999. The fourth-order valence-corrected chi connectivity index (χ4v) is 1.58. The molecule has 1 unspecified atom stereocenters. The van der Waals surface area contributed by atoms with Gasteiger partial charge in [0, 0.05) is 0 Å². The summed E-state index contributed by atoms with van der Waals surface area (Å²) < 4.78 is 4.54. The highest BCUT2D eigenvalue weighted by atomic mass is 79.9. The number of methoxy groups -OCH3 is 1. The molecule has 0 saturated carbocycles. The lowest BCUT2D eigenvalue weighted by atomic mass is 10.1. The summed E-state index contributed by atoms with van der Waals surface area (Å²) in [5.41, 5.74) is 0.461. The average Bonchev–Trinajstić information content (AvgIpc) is 2.12. The smallest absolute Gasteiger partial charge is 0.335 e. The standard InChI is InChI=1S/C7H10BrN3O2/c1-13-7(12)4-2-5(8)6(9)11(10)3-4/h2,5,9H,3,10H2,1H3. The van der Waals surface area contributed by atoms with Gasteiger partial charge in [-0.25, -0.2) is 10.6 Å². The van der Waals surface area contributed by atoms with Crippen LogP contribution in [0.5, 0.6) is 0 Å². The number of nitrogens with two attached hydrogens (primary N) is 1. The molecule has 6 heteroatoms. The van der Waals surface area contributed by atoms with E-state index in [1.807, 2.05) is 0 Å². The number of alkyl halides is 1. The SMILES string of the molecule is COC(=O)C1=CC(Br)C(=N)N(N)C1. The normalized spacial score (nSPS) is 22.7. The Kier molecular flexibility index (Phi) is 3.05. The Morgan fingerprint density at radius 1 is 1.92 bits per heavy atom. The summed E-state index contributed by atoms with van der Waals surface area (Å²) in [5, 5.41) is 8.65. The van der Waals surface area contributed by atoms with Gasteiger partial charge in [0.15, 0.2) is 0 Å². The van der Waals surface area contributed by atoms with Crippen molar-refractivity contribution >= 4 is 27.7 Å². The number of nitrogens with one attached hydrogen (secondary N) is 1. The predicted molar refractivity (Wildman–Crippen MR) is 51.4 cm³/mol. The zero-order valence-electron chi connectivity index (χ0n) is 7.08. The molecule has 1 heterocycles. The van der Waals surface area contributed by atoms with E-state index in [1.54, 1.807) is 6.08 Å². The van der Waals surface area contributed by atoms with Crippen molar-refractivity contribution in [3.05, 3.63) is 11.6 Å². The minimum atomic E-state index is -0.410. The first-order valence-corrected chi connectivity index (χ1v) is 4.51. The highest BCUT2D eigenvalue weighted by molar-refractivity contribution is 9.10. The lowest BCUT2D eigenvalue weighted by Gasteiger charge is -2.26. The number of esters is 1. The van der Waals surface area contributed by atoms with E-state index in [4.69, 9.17) is 11.3 Å². The molecule has 1 atom stereocenters. The van der Waals surface area contributed by atoms with Crippen LogP contribution in [0, 0.1) is 5.41 Å². The molecule has 0 radical (unpaired) electrons. The van der Waals surface area contributed by atoms with E-state index in [0.29, 0.717) is 5.57 Å². The molecular formula is C7H10BrN3O2. The molecule has 0 fully saturated rings. The maximum Gasteiger partial charge on any atom is 0.335 e. The van der Waals surface area contributed by atoms with Crippen LogP contribution in [-0.2, 0) is 9.53 Å². The summed E-state index contributed by atoms with van der Waals surface area (Å²) >= 11 is 3.20. The van der Waals surface area contributed by atoms with Gasteiger partial charge in [-0.15, -0.1) is 0 Å². The highest BCUT2D eigenvalue weighted by Gasteiger charge is 2.25. The predicted octanol–water partition coefficient (Wildman–Crippen LogP) is 0.0159. The maximum absolute atomic E-state index is 11.1. The monoisotopic (exact) mass is 247 g/mol. The van der Waals surface area contributed by atoms with Gasteiger partial charge in [-0.1, -0.05) is 22.0 Å². The van der Waals surface area contributed by atoms with E-state index in [2.05, 4.69) is 20.7 Å². The molecule has 0 aromatic heterocycles. The number of carbonyl (C=O) groups is 1. The van der Waals surface area contributed by atoms with E-state index in [0.717, 1.165) is 0 Å². The fraction of sp³-hybridized carbons (Fsp3) is 0.429. The van der Waals surface area contributed by atoms with Crippen LogP contribution in [0.1, 0.15) is 0 Å². The number of hydrogen-bond acceptors (Lipinski definition) is 4. The Morgan fingerprint density at radius 3 is 3.00 bits per heavy atom. The number of hydrogen-bond donors (Lipinski definition) is 2. The third-order valence-electron chi connectivity index (χ3n) is 1.71. The van der Waals surface area contributed by atoms with Gasteiger partial charge in [-0.05, 0) is 0 Å². The van der Waals surface area contributed by atoms with Gasteiger partial charge in [0.2, 0.25) is 0 Å². The maximum atomic E-state index is 11.1. The summed E-state index contributed by atoms with van der Waals surface area (Å²) in [6.07, 6.45) is 1.62. The number of ether oxygens (including phenoxy) is 1. The molecule has 0 bridgehead atoms.